The van der Waals surface area contributed by atoms with Crippen LogP contribution in [0.25, 0.3) is 6.08 Å². The Balaban J connectivity index is 2.43. The Morgan fingerprint density at radius 3 is 2.57 bits per heavy atom. The maximum atomic E-state index is 12.7. The van der Waals surface area contributed by atoms with Crippen molar-refractivity contribution in [2.45, 2.75) is 65.9 Å². The standard InChI is InChI=1S/C21H28N2O5/c1-6-7-8-18-22-13-16(23(18)20(26)28-21(3,4)5)11-15(19(24)25)12-17-10-9-14(2)27-17/h9-11,13H,6-8,12H2,1-5H3,(H,24,25)/b15-11-. The van der Waals surface area contributed by atoms with Crippen LogP contribution in [0.3, 0.4) is 0 Å². The Kier molecular flexibility index (Phi) is 6.83. The number of ether oxygens (including phenoxy) is 1. The highest BCUT2D eigenvalue weighted by Crippen LogP contribution is 2.19. The van der Waals surface area contributed by atoms with Gasteiger partial charge in [0.15, 0.2) is 0 Å². The quantitative estimate of drug-likeness (QED) is 0.696. The van der Waals surface area contributed by atoms with Gasteiger partial charge in [-0.25, -0.2) is 19.1 Å². The van der Waals surface area contributed by atoms with Crippen LogP contribution >= 0.6 is 0 Å². The summed E-state index contributed by atoms with van der Waals surface area (Å²) in [5.41, 5.74) is -0.201. The number of rotatable bonds is 7. The summed E-state index contributed by atoms with van der Waals surface area (Å²) in [6.45, 7) is 9.20. The third-order valence-corrected chi connectivity index (χ3v) is 3.95. The van der Waals surface area contributed by atoms with E-state index in [9.17, 15) is 14.7 Å². The maximum Gasteiger partial charge on any atom is 0.420 e. The second-order valence-corrected chi connectivity index (χ2v) is 7.68. The second-order valence-electron chi connectivity index (χ2n) is 7.68. The molecule has 28 heavy (non-hydrogen) atoms. The lowest BCUT2D eigenvalue weighted by Gasteiger charge is -2.21. The lowest BCUT2D eigenvalue weighted by molar-refractivity contribution is -0.132. The first-order valence-corrected chi connectivity index (χ1v) is 9.40. The minimum absolute atomic E-state index is 0.0982. The van der Waals surface area contributed by atoms with Crippen LogP contribution in [0.1, 0.15) is 63.6 Å². The molecule has 0 atom stereocenters. The van der Waals surface area contributed by atoms with Gasteiger partial charge in [0.25, 0.3) is 0 Å². The number of furan rings is 1. The van der Waals surface area contributed by atoms with E-state index >= 15 is 0 Å². The first kappa shape index (κ1) is 21.5. The molecule has 2 rings (SSSR count). The molecule has 0 fully saturated rings. The average molecular weight is 388 g/mol. The van der Waals surface area contributed by atoms with E-state index in [2.05, 4.69) is 11.9 Å². The van der Waals surface area contributed by atoms with Crippen LogP contribution in [0, 0.1) is 6.92 Å². The minimum Gasteiger partial charge on any atom is -0.478 e. The van der Waals surface area contributed by atoms with E-state index in [0.29, 0.717) is 29.5 Å². The molecule has 0 radical (unpaired) electrons. The van der Waals surface area contributed by atoms with Gasteiger partial charge in [-0.3, -0.25) is 0 Å². The number of nitrogens with zero attached hydrogens (tertiary/aromatic N) is 2. The molecule has 0 aliphatic heterocycles. The number of aromatic nitrogens is 2. The second kappa shape index (κ2) is 8.91. The van der Waals surface area contributed by atoms with E-state index in [1.807, 2.05) is 0 Å². The number of hydrogen-bond donors (Lipinski definition) is 1. The first-order chi connectivity index (χ1) is 13.1. The van der Waals surface area contributed by atoms with Crippen molar-refractivity contribution >= 4 is 18.1 Å². The molecular weight excluding hydrogens is 360 g/mol. The Morgan fingerprint density at radius 1 is 1.32 bits per heavy atom. The summed E-state index contributed by atoms with van der Waals surface area (Å²) in [5.74, 6) is 0.725. The van der Waals surface area contributed by atoms with Crippen LogP contribution < -0.4 is 0 Å². The number of carboxylic acids is 1. The smallest absolute Gasteiger partial charge is 0.420 e. The summed E-state index contributed by atoms with van der Waals surface area (Å²) in [6, 6.07) is 3.52. The zero-order valence-corrected chi connectivity index (χ0v) is 17.1. The monoisotopic (exact) mass is 388 g/mol. The Hall–Kier alpha value is -2.83. The van der Waals surface area contributed by atoms with E-state index in [0.717, 1.165) is 12.8 Å². The number of aliphatic carboxylic acids is 1. The number of carbonyl (C=O) groups excluding carboxylic acids is 1. The van der Waals surface area contributed by atoms with E-state index in [-0.39, 0.29) is 12.0 Å². The van der Waals surface area contributed by atoms with Crippen LogP contribution in [0.5, 0.6) is 0 Å². The normalized spacial score (nSPS) is 12.2. The van der Waals surface area contributed by atoms with Gasteiger partial charge in [0.1, 0.15) is 22.9 Å². The van der Waals surface area contributed by atoms with Crippen LogP contribution in [0.15, 0.2) is 28.3 Å². The topological polar surface area (TPSA) is 94.6 Å². The molecule has 7 nitrogen and oxygen atoms in total. The molecule has 7 heteroatoms. The van der Waals surface area contributed by atoms with Gasteiger partial charge in [-0.1, -0.05) is 13.3 Å². The average Bonchev–Trinajstić information content (AvgIpc) is 3.16. The van der Waals surface area contributed by atoms with Gasteiger partial charge in [-0.15, -0.1) is 0 Å². The summed E-state index contributed by atoms with van der Waals surface area (Å²) < 4.78 is 12.3. The zero-order valence-electron chi connectivity index (χ0n) is 17.1. The van der Waals surface area contributed by atoms with Gasteiger partial charge in [0, 0.05) is 18.4 Å². The fourth-order valence-electron chi connectivity index (χ4n) is 2.67. The highest BCUT2D eigenvalue weighted by Gasteiger charge is 2.23. The van der Waals surface area contributed by atoms with Crippen molar-refractivity contribution in [1.82, 2.24) is 9.55 Å². The van der Waals surface area contributed by atoms with Crippen LogP contribution in [-0.2, 0) is 22.4 Å². The Labute approximate surface area is 165 Å². The maximum absolute atomic E-state index is 12.7. The third-order valence-electron chi connectivity index (χ3n) is 3.95. The zero-order chi connectivity index (χ0) is 20.9. The van der Waals surface area contributed by atoms with E-state index in [1.165, 1.54) is 16.8 Å². The number of carbonyl (C=O) groups is 2. The highest BCUT2D eigenvalue weighted by molar-refractivity contribution is 5.93. The largest absolute Gasteiger partial charge is 0.478 e. The lowest BCUT2D eigenvalue weighted by Crippen LogP contribution is -2.28. The molecule has 0 saturated heterocycles. The van der Waals surface area contributed by atoms with Crippen molar-refractivity contribution in [3.8, 4) is 0 Å². The van der Waals surface area contributed by atoms with Crippen LogP contribution in [0.4, 0.5) is 4.79 Å². The summed E-state index contributed by atoms with van der Waals surface area (Å²) in [4.78, 5) is 28.8. The summed E-state index contributed by atoms with van der Waals surface area (Å²) >= 11 is 0. The molecule has 0 amide bonds. The minimum atomic E-state index is -1.08. The number of hydrogen-bond acceptors (Lipinski definition) is 5. The summed E-state index contributed by atoms with van der Waals surface area (Å²) in [6.07, 6.45) is 4.90. The lowest BCUT2D eigenvalue weighted by atomic mass is 10.1. The predicted molar refractivity (Wildman–Crippen MR) is 105 cm³/mol. The van der Waals surface area contributed by atoms with Crippen molar-refractivity contribution in [2.24, 2.45) is 0 Å². The Bertz CT molecular complexity index is 868. The van der Waals surface area contributed by atoms with Gasteiger partial charge in [-0.05, 0) is 52.3 Å². The molecule has 0 aliphatic rings. The molecule has 0 aromatic carbocycles. The van der Waals surface area contributed by atoms with E-state index < -0.39 is 17.7 Å². The first-order valence-electron chi connectivity index (χ1n) is 9.40. The summed E-state index contributed by atoms with van der Waals surface area (Å²) in [5, 5.41) is 9.61. The van der Waals surface area contributed by atoms with E-state index in [4.69, 9.17) is 9.15 Å². The molecule has 0 bridgehead atoms. The SMILES string of the molecule is CCCCc1ncc(/C=C(/Cc2ccc(C)o2)C(=O)O)n1C(=O)OC(C)(C)C. The predicted octanol–water partition coefficient (Wildman–Crippen LogP) is 4.62. The number of carboxylic acid groups (broad SMARTS) is 1. The van der Waals surface area contributed by atoms with E-state index in [1.54, 1.807) is 39.8 Å². The fourth-order valence-corrected chi connectivity index (χ4v) is 2.67. The van der Waals surface area contributed by atoms with Gasteiger partial charge >= 0.3 is 12.1 Å². The Morgan fingerprint density at radius 2 is 2.04 bits per heavy atom. The molecular formula is C21H28N2O5. The number of aryl methyl sites for hydroxylation is 2. The van der Waals surface area contributed by atoms with Crippen molar-refractivity contribution < 1.29 is 23.8 Å². The molecule has 2 aromatic heterocycles. The fraction of sp³-hybridized carbons (Fsp3) is 0.476. The van der Waals surface area contributed by atoms with Gasteiger partial charge in [-0.2, -0.15) is 0 Å². The summed E-state index contributed by atoms with van der Waals surface area (Å²) in [7, 11) is 0. The van der Waals surface area contributed by atoms with Gasteiger partial charge < -0.3 is 14.3 Å². The molecule has 2 heterocycles. The van der Waals surface area contributed by atoms with Crippen molar-refractivity contribution in [2.75, 3.05) is 0 Å². The van der Waals surface area contributed by atoms with Crippen LogP contribution in [0.2, 0.25) is 0 Å². The van der Waals surface area contributed by atoms with Crippen molar-refractivity contribution in [3.05, 3.63) is 46.9 Å². The molecule has 0 aliphatic carbocycles. The highest BCUT2D eigenvalue weighted by atomic mass is 16.6. The van der Waals surface area contributed by atoms with Gasteiger partial charge in [0.2, 0.25) is 0 Å². The number of unbranched alkanes of at least 4 members (excludes halogenated alkanes) is 1. The molecule has 1 N–H and O–H groups in total. The number of imidazole rings is 1. The molecule has 0 spiro atoms. The third kappa shape index (κ3) is 5.84. The van der Waals surface area contributed by atoms with Crippen molar-refractivity contribution in [1.29, 1.82) is 0 Å². The molecule has 0 unspecified atom stereocenters. The van der Waals surface area contributed by atoms with Crippen LogP contribution in [-0.4, -0.2) is 32.3 Å². The molecule has 0 saturated carbocycles. The molecule has 152 valence electrons. The van der Waals surface area contributed by atoms with Crippen molar-refractivity contribution in [3.63, 3.8) is 0 Å². The molecule has 2 aromatic rings. The van der Waals surface area contributed by atoms with Gasteiger partial charge in [0.05, 0.1) is 11.9 Å².